The minimum Gasteiger partial charge on any atom is -0.462 e. The van der Waals surface area contributed by atoms with Crippen LogP contribution >= 0.6 is 11.3 Å². The van der Waals surface area contributed by atoms with Crippen molar-refractivity contribution in [2.45, 2.75) is 32.1 Å². The van der Waals surface area contributed by atoms with Gasteiger partial charge in [0.2, 0.25) is 5.91 Å². The first-order valence-corrected chi connectivity index (χ1v) is 9.48. The topological polar surface area (TPSA) is 77.5 Å². The lowest BCUT2D eigenvalue weighted by Gasteiger charge is -2.35. The van der Waals surface area contributed by atoms with Crippen LogP contribution in [0.25, 0.3) is 0 Å². The van der Waals surface area contributed by atoms with Crippen molar-refractivity contribution in [1.29, 1.82) is 0 Å². The number of hydrogen-bond acceptors (Lipinski definition) is 6. The predicted octanol–water partition coefficient (Wildman–Crippen LogP) is 3.32. The van der Waals surface area contributed by atoms with Crippen LogP contribution in [0, 0.1) is 6.92 Å². The lowest BCUT2D eigenvalue weighted by atomic mass is 9.73. The minimum absolute atomic E-state index is 0.115. The van der Waals surface area contributed by atoms with Crippen molar-refractivity contribution in [1.82, 2.24) is 4.98 Å². The largest absolute Gasteiger partial charge is 0.462 e. The third kappa shape index (κ3) is 3.64. The maximum atomic E-state index is 13.2. The highest BCUT2D eigenvalue weighted by molar-refractivity contribution is 7.17. The average Bonchev–Trinajstić information content (AvgIpc) is 3.03. The maximum Gasteiger partial charge on any atom is 0.350 e. The van der Waals surface area contributed by atoms with E-state index < -0.39 is 11.4 Å². The number of aryl methyl sites for hydroxylation is 1. The number of nitrogens with zero attached hydrogens (tertiary/aromatic N) is 1. The van der Waals surface area contributed by atoms with Gasteiger partial charge in [-0.1, -0.05) is 41.7 Å². The number of aromatic nitrogens is 1. The van der Waals surface area contributed by atoms with Crippen LogP contribution in [0.3, 0.4) is 0 Å². The Bertz CT molecular complexity index is 782. The Balaban J connectivity index is 1.85. The summed E-state index contributed by atoms with van der Waals surface area (Å²) in [5.74, 6) is -0.525. The fraction of sp³-hybridized carbons (Fsp3) is 0.421. The molecule has 26 heavy (non-hydrogen) atoms. The zero-order chi connectivity index (χ0) is 18.6. The van der Waals surface area contributed by atoms with Gasteiger partial charge in [-0.3, -0.25) is 4.79 Å². The summed E-state index contributed by atoms with van der Waals surface area (Å²) in [6.45, 7) is 4.86. The van der Waals surface area contributed by atoms with Crippen LogP contribution in [0.5, 0.6) is 0 Å². The monoisotopic (exact) mass is 374 g/mol. The van der Waals surface area contributed by atoms with E-state index in [1.165, 1.54) is 0 Å². The highest BCUT2D eigenvalue weighted by Crippen LogP contribution is 2.36. The number of ether oxygens (including phenoxy) is 2. The molecule has 0 radical (unpaired) electrons. The fourth-order valence-electron chi connectivity index (χ4n) is 3.18. The second-order valence-electron chi connectivity index (χ2n) is 6.17. The van der Waals surface area contributed by atoms with Gasteiger partial charge in [0.15, 0.2) is 5.13 Å². The van der Waals surface area contributed by atoms with E-state index in [9.17, 15) is 9.59 Å². The number of amides is 1. The Labute approximate surface area is 156 Å². The summed E-state index contributed by atoms with van der Waals surface area (Å²) in [5.41, 5.74) is 0.882. The van der Waals surface area contributed by atoms with E-state index >= 15 is 0 Å². The molecule has 1 aromatic carbocycles. The smallest absolute Gasteiger partial charge is 0.350 e. The van der Waals surface area contributed by atoms with Crippen LogP contribution in [0.4, 0.5) is 5.13 Å². The SMILES string of the molecule is CCOC(=O)c1sc(NC(=O)C2(c3ccccc3)CCOCC2)nc1C. The van der Waals surface area contributed by atoms with Crippen LogP contribution in [-0.2, 0) is 19.7 Å². The van der Waals surface area contributed by atoms with Gasteiger partial charge >= 0.3 is 5.97 Å². The summed E-state index contributed by atoms with van der Waals surface area (Å²) in [7, 11) is 0. The summed E-state index contributed by atoms with van der Waals surface area (Å²) < 4.78 is 10.5. The molecule has 1 aromatic heterocycles. The van der Waals surface area contributed by atoms with E-state index in [2.05, 4.69) is 10.3 Å². The summed E-state index contributed by atoms with van der Waals surface area (Å²) in [5, 5.41) is 3.33. The van der Waals surface area contributed by atoms with Crippen LogP contribution in [0.15, 0.2) is 30.3 Å². The van der Waals surface area contributed by atoms with E-state index in [0.717, 1.165) is 16.9 Å². The van der Waals surface area contributed by atoms with Crippen LogP contribution in [0.2, 0.25) is 0 Å². The Kier molecular flexibility index (Phi) is 5.68. The van der Waals surface area contributed by atoms with Crippen LogP contribution in [-0.4, -0.2) is 36.7 Å². The summed E-state index contributed by atoms with van der Waals surface area (Å²) in [4.78, 5) is 29.9. The molecule has 1 fully saturated rings. The molecule has 6 nitrogen and oxygen atoms in total. The van der Waals surface area contributed by atoms with Gasteiger partial charge in [-0.25, -0.2) is 9.78 Å². The summed E-state index contributed by atoms with van der Waals surface area (Å²) in [6, 6.07) is 9.76. The quantitative estimate of drug-likeness (QED) is 0.813. The molecular formula is C19H22N2O4S. The Morgan fingerprint density at radius 1 is 1.27 bits per heavy atom. The predicted molar refractivity (Wildman–Crippen MR) is 99.6 cm³/mol. The zero-order valence-corrected chi connectivity index (χ0v) is 15.7. The molecule has 0 bridgehead atoms. The minimum atomic E-state index is -0.650. The van der Waals surface area contributed by atoms with E-state index in [1.807, 2.05) is 30.3 Å². The molecule has 3 rings (SSSR count). The van der Waals surface area contributed by atoms with Crippen molar-refractivity contribution in [3.8, 4) is 0 Å². The molecule has 1 aliphatic rings. The average molecular weight is 374 g/mol. The number of benzene rings is 1. The number of rotatable bonds is 5. The summed E-state index contributed by atoms with van der Waals surface area (Å²) >= 11 is 1.14. The van der Waals surface area contributed by atoms with E-state index in [1.54, 1.807) is 13.8 Å². The molecular weight excluding hydrogens is 352 g/mol. The first-order chi connectivity index (χ1) is 12.6. The van der Waals surface area contributed by atoms with Gasteiger partial charge in [-0.15, -0.1) is 0 Å². The Morgan fingerprint density at radius 3 is 2.62 bits per heavy atom. The maximum absolute atomic E-state index is 13.2. The number of nitrogens with one attached hydrogen (secondary N) is 1. The van der Waals surface area contributed by atoms with Crippen molar-refractivity contribution in [2.24, 2.45) is 0 Å². The molecule has 0 unspecified atom stereocenters. The lowest BCUT2D eigenvalue weighted by molar-refractivity contribution is -0.125. The molecule has 2 heterocycles. The van der Waals surface area contributed by atoms with E-state index in [0.29, 0.717) is 48.4 Å². The van der Waals surface area contributed by atoms with Gasteiger partial charge in [-0.05, 0) is 32.3 Å². The highest BCUT2D eigenvalue weighted by Gasteiger charge is 2.42. The van der Waals surface area contributed by atoms with Gasteiger partial charge in [0, 0.05) is 13.2 Å². The molecule has 0 atom stereocenters. The van der Waals surface area contributed by atoms with Crippen LogP contribution in [0.1, 0.15) is 40.7 Å². The molecule has 1 saturated heterocycles. The highest BCUT2D eigenvalue weighted by atomic mass is 32.1. The van der Waals surface area contributed by atoms with Crippen molar-refractivity contribution < 1.29 is 19.1 Å². The Hall–Kier alpha value is -2.25. The number of esters is 1. The molecule has 0 aliphatic carbocycles. The first kappa shape index (κ1) is 18.5. The Morgan fingerprint density at radius 2 is 1.96 bits per heavy atom. The third-order valence-corrected chi connectivity index (χ3v) is 5.64. The summed E-state index contributed by atoms with van der Waals surface area (Å²) in [6.07, 6.45) is 1.22. The molecule has 1 aliphatic heterocycles. The molecule has 1 N–H and O–H groups in total. The van der Waals surface area contributed by atoms with E-state index in [-0.39, 0.29) is 5.91 Å². The van der Waals surface area contributed by atoms with Crippen molar-refractivity contribution >= 4 is 28.3 Å². The number of thiazole rings is 1. The second kappa shape index (κ2) is 7.97. The molecule has 1 amide bonds. The van der Waals surface area contributed by atoms with Gasteiger partial charge in [0.05, 0.1) is 17.7 Å². The van der Waals surface area contributed by atoms with Crippen molar-refractivity contribution in [3.63, 3.8) is 0 Å². The van der Waals surface area contributed by atoms with Crippen LogP contribution < -0.4 is 5.32 Å². The first-order valence-electron chi connectivity index (χ1n) is 8.66. The van der Waals surface area contributed by atoms with Gasteiger partial charge in [0.1, 0.15) is 4.88 Å². The number of anilines is 1. The number of carbonyl (C=O) groups is 2. The molecule has 2 aromatic rings. The molecule has 138 valence electrons. The van der Waals surface area contributed by atoms with Gasteiger partial charge in [0.25, 0.3) is 0 Å². The second-order valence-corrected chi connectivity index (χ2v) is 7.17. The number of carbonyl (C=O) groups excluding carboxylic acids is 2. The number of hydrogen-bond donors (Lipinski definition) is 1. The van der Waals surface area contributed by atoms with Crippen molar-refractivity contribution in [3.05, 3.63) is 46.5 Å². The zero-order valence-electron chi connectivity index (χ0n) is 14.9. The molecule has 0 saturated carbocycles. The third-order valence-electron chi connectivity index (χ3n) is 4.59. The lowest BCUT2D eigenvalue weighted by Crippen LogP contribution is -2.44. The van der Waals surface area contributed by atoms with Gasteiger partial charge < -0.3 is 14.8 Å². The fourth-order valence-corrected chi connectivity index (χ4v) is 4.03. The van der Waals surface area contributed by atoms with E-state index in [4.69, 9.17) is 9.47 Å². The van der Waals surface area contributed by atoms with Crippen molar-refractivity contribution in [2.75, 3.05) is 25.1 Å². The van der Waals surface area contributed by atoms with Gasteiger partial charge in [-0.2, -0.15) is 0 Å². The molecule has 7 heteroatoms. The molecule has 0 spiro atoms. The normalized spacial score (nSPS) is 16.1. The standard InChI is InChI=1S/C19H22N2O4S/c1-3-25-16(22)15-13(2)20-18(26-15)21-17(23)19(9-11-24-12-10-19)14-7-5-4-6-8-14/h4-8H,3,9-12H2,1-2H3,(H,20,21,23).